The van der Waals surface area contributed by atoms with Gasteiger partial charge in [0, 0.05) is 23.7 Å². The van der Waals surface area contributed by atoms with Gasteiger partial charge in [0.1, 0.15) is 6.04 Å². The van der Waals surface area contributed by atoms with E-state index in [9.17, 15) is 4.79 Å². The fourth-order valence-corrected chi connectivity index (χ4v) is 3.54. The van der Waals surface area contributed by atoms with E-state index in [1.54, 1.807) is 11.8 Å². The van der Waals surface area contributed by atoms with Gasteiger partial charge in [0.25, 0.3) is 0 Å². The highest BCUT2D eigenvalue weighted by Crippen LogP contribution is 2.28. The van der Waals surface area contributed by atoms with E-state index >= 15 is 0 Å². The molecule has 2 aromatic carbocycles. The molecule has 22 heavy (non-hydrogen) atoms. The molecule has 116 valence electrons. The van der Waals surface area contributed by atoms with Crippen LogP contribution in [0.3, 0.4) is 0 Å². The van der Waals surface area contributed by atoms with Crippen LogP contribution in [-0.2, 0) is 11.3 Å². The van der Waals surface area contributed by atoms with Gasteiger partial charge in [-0.25, -0.2) is 0 Å². The zero-order chi connectivity index (χ0) is 14.7. The molecule has 0 fully saturated rings. The Bertz CT molecular complexity index is 636. The van der Waals surface area contributed by atoms with Crippen LogP contribution in [0.4, 0.5) is 0 Å². The Hall–Kier alpha value is -1.49. The molecule has 1 amide bonds. The van der Waals surface area contributed by atoms with Crippen LogP contribution in [0.2, 0.25) is 0 Å². The van der Waals surface area contributed by atoms with Crippen molar-refractivity contribution < 1.29 is 4.79 Å². The lowest BCUT2D eigenvalue weighted by molar-refractivity contribution is -0.133. The summed E-state index contributed by atoms with van der Waals surface area (Å²) in [5.74, 6) is 0.906. The Kier molecular flexibility index (Phi) is 5.89. The number of thioether (sulfide) groups is 1. The van der Waals surface area contributed by atoms with Crippen molar-refractivity contribution in [3.05, 3.63) is 65.7 Å². The van der Waals surface area contributed by atoms with Crippen LogP contribution in [0.25, 0.3) is 0 Å². The Morgan fingerprint density at radius 1 is 1.09 bits per heavy atom. The lowest BCUT2D eigenvalue weighted by atomic mass is 10.1. The zero-order valence-electron chi connectivity index (χ0n) is 12.1. The van der Waals surface area contributed by atoms with Crippen LogP contribution in [0.5, 0.6) is 0 Å². The number of hydrogen-bond acceptors (Lipinski definition) is 3. The number of amides is 1. The molecule has 2 N–H and O–H groups in total. The predicted octanol–water partition coefficient (Wildman–Crippen LogP) is 3.24. The molecule has 1 unspecified atom stereocenters. The van der Waals surface area contributed by atoms with Crippen LogP contribution in [0, 0.1) is 0 Å². The monoisotopic (exact) mass is 334 g/mol. The van der Waals surface area contributed by atoms with Gasteiger partial charge in [-0.3, -0.25) is 4.79 Å². The van der Waals surface area contributed by atoms with Crippen molar-refractivity contribution in [3.8, 4) is 0 Å². The number of carbonyl (C=O) groups is 1. The SMILES string of the molecule is Cl.NC(C(=O)N1CCSc2ccccc2C1)c1ccccc1. The van der Waals surface area contributed by atoms with Crippen molar-refractivity contribution in [3.63, 3.8) is 0 Å². The average molecular weight is 335 g/mol. The van der Waals surface area contributed by atoms with Gasteiger partial charge in [0.15, 0.2) is 0 Å². The normalized spacial score (nSPS) is 15.2. The second kappa shape index (κ2) is 7.68. The van der Waals surface area contributed by atoms with E-state index in [1.165, 1.54) is 10.5 Å². The number of benzene rings is 2. The molecule has 0 radical (unpaired) electrons. The quantitative estimate of drug-likeness (QED) is 0.917. The largest absolute Gasteiger partial charge is 0.336 e. The highest BCUT2D eigenvalue weighted by Gasteiger charge is 2.24. The van der Waals surface area contributed by atoms with E-state index in [2.05, 4.69) is 12.1 Å². The average Bonchev–Trinajstić information content (AvgIpc) is 2.76. The summed E-state index contributed by atoms with van der Waals surface area (Å²) < 4.78 is 0. The number of rotatable bonds is 2. The van der Waals surface area contributed by atoms with Gasteiger partial charge in [0.05, 0.1) is 0 Å². The first-order valence-corrected chi connectivity index (χ1v) is 8.04. The van der Waals surface area contributed by atoms with Gasteiger partial charge in [0.2, 0.25) is 5.91 Å². The molecule has 2 aromatic rings. The topological polar surface area (TPSA) is 46.3 Å². The van der Waals surface area contributed by atoms with Crippen molar-refractivity contribution in [2.24, 2.45) is 5.73 Å². The second-order valence-corrected chi connectivity index (χ2v) is 6.24. The molecule has 1 atom stereocenters. The molecule has 3 nitrogen and oxygen atoms in total. The van der Waals surface area contributed by atoms with Crippen LogP contribution in [0.1, 0.15) is 17.2 Å². The van der Waals surface area contributed by atoms with Crippen LogP contribution in [-0.4, -0.2) is 23.1 Å². The lowest BCUT2D eigenvalue weighted by Gasteiger charge is -2.24. The molecule has 0 spiro atoms. The predicted molar refractivity (Wildman–Crippen MR) is 93.2 cm³/mol. The zero-order valence-corrected chi connectivity index (χ0v) is 13.8. The molecule has 0 saturated carbocycles. The van der Waals surface area contributed by atoms with Gasteiger partial charge in [-0.05, 0) is 17.2 Å². The van der Waals surface area contributed by atoms with Crippen molar-refractivity contribution in [2.45, 2.75) is 17.5 Å². The maximum Gasteiger partial charge on any atom is 0.244 e. The Morgan fingerprint density at radius 3 is 2.55 bits per heavy atom. The van der Waals surface area contributed by atoms with Crippen LogP contribution in [0.15, 0.2) is 59.5 Å². The van der Waals surface area contributed by atoms with Crippen molar-refractivity contribution >= 4 is 30.1 Å². The number of fused-ring (bicyclic) bond motifs is 1. The molecule has 0 saturated heterocycles. The molecule has 1 aliphatic heterocycles. The summed E-state index contributed by atoms with van der Waals surface area (Å²) in [5, 5.41) is 0. The first-order chi connectivity index (χ1) is 10.3. The molecule has 0 aromatic heterocycles. The van der Waals surface area contributed by atoms with Gasteiger partial charge < -0.3 is 10.6 Å². The summed E-state index contributed by atoms with van der Waals surface area (Å²) in [4.78, 5) is 15.8. The highest BCUT2D eigenvalue weighted by molar-refractivity contribution is 7.99. The standard InChI is InChI=1S/C17H18N2OS.ClH/c18-16(13-6-2-1-3-7-13)17(20)19-10-11-21-15-9-5-4-8-14(15)12-19;/h1-9,16H,10-12,18H2;1H. The number of nitrogens with two attached hydrogens (primary N) is 1. The third-order valence-electron chi connectivity index (χ3n) is 3.69. The molecule has 1 aliphatic rings. The summed E-state index contributed by atoms with van der Waals surface area (Å²) in [6.07, 6.45) is 0. The fraction of sp³-hybridized carbons (Fsp3) is 0.235. The van der Waals surface area contributed by atoms with Crippen molar-refractivity contribution in [2.75, 3.05) is 12.3 Å². The van der Waals surface area contributed by atoms with E-state index in [4.69, 9.17) is 5.73 Å². The minimum Gasteiger partial charge on any atom is -0.336 e. The van der Waals surface area contributed by atoms with Crippen LogP contribution < -0.4 is 5.73 Å². The summed E-state index contributed by atoms with van der Waals surface area (Å²) in [7, 11) is 0. The smallest absolute Gasteiger partial charge is 0.244 e. The first kappa shape index (κ1) is 16.9. The molecule has 0 aliphatic carbocycles. The third kappa shape index (κ3) is 3.64. The van der Waals surface area contributed by atoms with E-state index in [0.29, 0.717) is 6.54 Å². The van der Waals surface area contributed by atoms with E-state index in [1.807, 2.05) is 47.4 Å². The number of carbonyl (C=O) groups excluding carboxylic acids is 1. The lowest BCUT2D eigenvalue weighted by Crippen LogP contribution is -2.38. The van der Waals surface area contributed by atoms with Gasteiger partial charge in [-0.15, -0.1) is 24.2 Å². The van der Waals surface area contributed by atoms with E-state index in [0.717, 1.165) is 17.9 Å². The fourth-order valence-electron chi connectivity index (χ4n) is 2.51. The second-order valence-electron chi connectivity index (χ2n) is 5.10. The Balaban J connectivity index is 0.00000176. The molecule has 0 bridgehead atoms. The maximum atomic E-state index is 12.7. The van der Waals surface area contributed by atoms with E-state index < -0.39 is 6.04 Å². The minimum absolute atomic E-state index is 0. The highest BCUT2D eigenvalue weighted by atomic mass is 35.5. The number of halogens is 1. The van der Waals surface area contributed by atoms with Gasteiger partial charge >= 0.3 is 0 Å². The molecule has 3 rings (SSSR count). The Labute approximate surface area is 141 Å². The van der Waals surface area contributed by atoms with Gasteiger partial charge in [-0.1, -0.05) is 48.5 Å². The first-order valence-electron chi connectivity index (χ1n) is 7.06. The van der Waals surface area contributed by atoms with E-state index in [-0.39, 0.29) is 18.3 Å². The number of hydrogen-bond donors (Lipinski definition) is 1. The van der Waals surface area contributed by atoms with Crippen LogP contribution >= 0.6 is 24.2 Å². The molecule has 1 heterocycles. The summed E-state index contributed by atoms with van der Waals surface area (Å²) in [5.41, 5.74) is 8.21. The minimum atomic E-state index is -0.582. The molecule has 5 heteroatoms. The summed E-state index contributed by atoms with van der Waals surface area (Å²) >= 11 is 1.80. The van der Waals surface area contributed by atoms with Gasteiger partial charge in [-0.2, -0.15) is 0 Å². The Morgan fingerprint density at radius 2 is 1.77 bits per heavy atom. The van der Waals surface area contributed by atoms with Crippen molar-refractivity contribution in [1.82, 2.24) is 4.90 Å². The number of nitrogens with zero attached hydrogens (tertiary/aromatic N) is 1. The molecular weight excluding hydrogens is 316 g/mol. The summed E-state index contributed by atoms with van der Waals surface area (Å²) in [6, 6.07) is 17.2. The third-order valence-corrected chi connectivity index (χ3v) is 4.78. The summed E-state index contributed by atoms with van der Waals surface area (Å²) in [6.45, 7) is 1.38. The molecular formula is C17H19ClN2OS. The van der Waals surface area contributed by atoms with Crippen molar-refractivity contribution in [1.29, 1.82) is 0 Å². The maximum absolute atomic E-state index is 12.7.